The Hall–Kier alpha value is -1.67. The fourth-order valence-corrected chi connectivity index (χ4v) is 3.33. The number of piperidine rings is 1. The third kappa shape index (κ3) is 4.96. The van der Waals surface area contributed by atoms with Gasteiger partial charge in [-0.1, -0.05) is 6.07 Å². The van der Waals surface area contributed by atoms with Gasteiger partial charge < -0.3 is 10.2 Å². The molecule has 0 bridgehead atoms. The summed E-state index contributed by atoms with van der Waals surface area (Å²) < 4.78 is 25.0. The van der Waals surface area contributed by atoms with Crippen molar-refractivity contribution in [3.63, 3.8) is 0 Å². The van der Waals surface area contributed by atoms with Crippen molar-refractivity contribution in [3.8, 4) is 0 Å². The van der Waals surface area contributed by atoms with Crippen molar-refractivity contribution in [2.24, 2.45) is 0 Å². The summed E-state index contributed by atoms with van der Waals surface area (Å²) in [4.78, 5) is 18.1. The summed E-state index contributed by atoms with van der Waals surface area (Å²) >= 11 is 0. The van der Waals surface area contributed by atoms with Gasteiger partial charge in [0.25, 0.3) is 0 Å². The van der Waals surface area contributed by atoms with Crippen LogP contribution in [0.2, 0.25) is 0 Å². The fraction of sp³-hybridized carbons (Fsp3) is 0.571. The minimum absolute atomic E-state index is 0.0905. The number of hydrogen-bond acceptors (Lipinski definition) is 4. The molecule has 0 aliphatic carbocycles. The van der Waals surface area contributed by atoms with Crippen LogP contribution in [0, 0.1) is 0 Å². The topological polar surface area (TPSA) is 91.4 Å². The number of carbonyl (C=O) groups excluding carboxylic acids is 1. The summed E-state index contributed by atoms with van der Waals surface area (Å²) in [6.07, 6.45) is 4.10. The van der Waals surface area contributed by atoms with E-state index in [1.54, 1.807) is 11.1 Å². The first-order valence-corrected chi connectivity index (χ1v) is 9.18. The maximum Gasteiger partial charge on any atom is 0.317 e. The minimum atomic E-state index is -3.19. The second-order valence-electron chi connectivity index (χ2n) is 5.58. The molecular weight excluding hydrogens is 304 g/mol. The van der Waals surface area contributed by atoms with E-state index in [4.69, 9.17) is 0 Å². The predicted octanol–water partition coefficient (Wildman–Crippen LogP) is 0.866. The molecule has 0 spiro atoms. The van der Waals surface area contributed by atoms with Crippen LogP contribution in [-0.2, 0) is 10.0 Å². The van der Waals surface area contributed by atoms with Crippen LogP contribution in [0.1, 0.15) is 31.5 Å². The molecule has 1 aromatic heterocycles. The van der Waals surface area contributed by atoms with Crippen molar-refractivity contribution >= 4 is 16.1 Å². The van der Waals surface area contributed by atoms with Gasteiger partial charge in [-0.15, -0.1) is 0 Å². The van der Waals surface area contributed by atoms with Gasteiger partial charge in [-0.05, 0) is 31.9 Å². The zero-order chi connectivity index (χ0) is 16.2. The van der Waals surface area contributed by atoms with Crippen LogP contribution in [-0.4, -0.2) is 49.7 Å². The number of likely N-dealkylation sites (tertiary alicyclic amines) is 1. The van der Waals surface area contributed by atoms with Gasteiger partial charge in [-0.25, -0.2) is 17.9 Å². The number of amides is 2. The Morgan fingerprint density at radius 1 is 1.36 bits per heavy atom. The van der Waals surface area contributed by atoms with E-state index in [0.717, 1.165) is 11.9 Å². The molecule has 2 heterocycles. The Labute approximate surface area is 131 Å². The molecule has 2 amide bonds. The molecule has 0 saturated carbocycles. The summed E-state index contributed by atoms with van der Waals surface area (Å²) in [6.45, 7) is 2.96. The fourth-order valence-electron chi connectivity index (χ4n) is 2.49. The van der Waals surface area contributed by atoms with Crippen LogP contribution in [0.5, 0.6) is 0 Å². The molecule has 22 heavy (non-hydrogen) atoms. The summed E-state index contributed by atoms with van der Waals surface area (Å²) in [5.41, 5.74) is 0.810. The molecule has 7 nitrogen and oxygen atoms in total. The van der Waals surface area contributed by atoms with Crippen molar-refractivity contribution in [2.45, 2.75) is 31.8 Å². The maximum absolute atomic E-state index is 12.2. The van der Waals surface area contributed by atoms with Gasteiger partial charge in [0.2, 0.25) is 10.0 Å². The van der Waals surface area contributed by atoms with Crippen molar-refractivity contribution in [2.75, 3.05) is 19.3 Å². The smallest absolute Gasteiger partial charge is 0.317 e. The molecule has 1 aromatic rings. The maximum atomic E-state index is 12.2. The van der Waals surface area contributed by atoms with Gasteiger partial charge >= 0.3 is 6.03 Å². The zero-order valence-corrected chi connectivity index (χ0v) is 13.6. The van der Waals surface area contributed by atoms with Gasteiger partial charge in [0.05, 0.1) is 18.0 Å². The Balaban J connectivity index is 1.83. The Kier molecular flexibility index (Phi) is 5.36. The highest BCUT2D eigenvalue weighted by atomic mass is 32.2. The van der Waals surface area contributed by atoms with Gasteiger partial charge in [0.15, 0.2) is 0 Å². The van der Waals surface area contributed by atoms with Crippen molar-refractivity contribution < 1.29 is 13.2 Å². The molecule has 1 fully saturated rings. The SMILES string of the molecule is C[C@H](NC(=O)N1CCC(NS(C)(=O)=O)CC1)c1ccccn1. The highest BCUT2D eigenvalue weighted by Crippen LogP contribution is 2.13. The molecule has 1 saturated heterocycles. The average Bonchev–Trinajstić information content (AvgIpc) is 2.47. The van der Waals surface area contributed by atoms with Gasteiger partial charge in [0.1, 0.15) is 0 Å². The molecule has 0 radical (unpaired) electrons. The third-order valence-electron chi connectivity index (χ3n) is 3.63. The molecule has 1 atom stereocenters. The van der Waals surface area contributed by atoms with Gasteiger partial charge in [-0.2, -0.15) is 0 Å². The lowest BCUT2D eigenvalue weighted by molar-refractivity contribution is 0.177. The summed E-state index contributed by atoms with van der Waals surface area (Å²) in [5, 5.41) is 2.91. The Bertz CT molecular complexity index is 598. The quantitative estimate of drug-likeness (QED) is 0.859. The number of rotatable bonds is 4. The first-order valence-electron chi connectivity index (χ1n) is 7.29. The second-order valence-corrected chi connectivity index (χ2v) is 7.36. The molecule has 1 aliphatic rings. The molecule has 2 N–H and O–H groups in total. The molecular formula is C14H22N4O3S. The van der Waals surface area contributed by atoms with Crippen molar-refractivity contribution in [1.29, 1.82) is 0 Å². The number of sulfonamides is 1. The average molecular weight is 326 g/mol. The number of hydrogen-bond donors (Lipinski definition) is 2. The van der Waals surface area contributed by atoms with Crippen LogP contribution >= 0.6 is 0 Å². The lowest BCUT2D eigenvalue weighted by Crippen LogP contribution is -2.49. The molecule has 8 heteroatoms. The molecule has 1 aliphatic heterocycles. The number of nitrogens with one attached hydrogen (secondary N) is 2. The monoisotopic (exact) mass is 326 g/mol. The van der Waals surface area contributed by atoms with E-state index in [9.17, 15) is 13.2 Å². The van der Waals surface area contributed by atoms with E-state index in [0.29, 0.717) is 25.9 Å². The van der Waals surface area contributed by atoms with E-state index in [2.05, 4.69) is 15.0 Å². The Morgan fingerprint density at radius 3 is 2.59 bits per heavy atom. The van der Waals surface area contributed by atoms with Crippen LogP contribution < -0.4 is 10.0 Å². The van der Waals surface area contributed by atoms with Gasteiger partial charge in [-0.3, -0.25) is 4.98 Å². The lowest BCUT2D eigenvalue weighted by atomic mass is 10.1. The van der Waals surface area contributed by atoms with Gasteiger partial charge in [0, 0.05) is 25.3 Å². The van der Waals surface area contributed by atoms with Crippen molar-refractivity contribution in [3.05, 3.63) is 30.1 Å². The van der Waals surface area contributed by atoms with Crippen LogP contribution in [0.4, 0.5) is 4.79 Å². The minimum Gasteiger partial charge on any atom is -0.330 e. The number of pyridine rings is 1. The van der Waals surface area contributed by atoms with E-state index < -0.39 is 10.0 Å². The van der Waals surface area contributed by atoms with Crippen LogP contribution in [0.3, 0.4) is 0 Å². The first-order chi connectivity index (χ1) is 10.3. The predicted molar refractivity (Wildman–Crippen MR) is 83.8 cm³/mol. The number of aromatic nitrogens is 1. The normalized spacial score (nSPS) is 18.0. The third-order valence-corrected chi connectivity index (χ3v) is 4.40. The van der Waals surface area contributed by atoms with E-state index in [-0.39, 0.29) is 18.1 Å². The highest BCUT2D eigenvalue weighted by molar-refractivity contribution is 7.88. The highest BCUT2D eigenvalue weighted by Gasteiger charge is 2.25. The second kappa shape index (κ2) is 7.06. The standard InChI is InChI=1S/C14H22N4O3S/c1-11(13-5-3-4-8-15-13)16-14(19)18-9-6-12(7-10-18)17-22(2,20)21/h3-5,8,11-12,17H,6-7,9-10H2,1-2H3,(H,16,19)/t11-/m0/s1. The summed E-state index contributed by atoms with van der Waals surface area (Å²) in [5.74, 6) is 0. The Morgan fingerprint density at radius 2 is 2.05 bits per heavy atom. The first kappa shape index (κ1) is 16.7. The summed E-state index contributed by atoms with van der Waals surface area (Å²) in [6, 6.07) is 5.18. The zero-order valence-electron chi connectivity index (χ0n) is 12.8. The number of nitrogens with zero attached hydrogens (tertiary/aromatic N) is 2. The lowest BCUT2D eigenvalue weighted by Gasteiger charge is -2.32. The van der Waals surface area contributed by atoms with E-state index >= 15 is 0 Å². The molecule has 122 valence electrons. The number of urea groups is 1. The van der Waals surface area contributed by atoms with E-state index in [1.165, 1.54) is 0 Å². The molecule has 2 rings (SSSR count). The van der Waals surface area contributed by atoms with E-state index in [1.807, 2.05) is 25.1 Å². The summed E-state index contributed by atoms with van der Waals surface area (Å²) in [7, 11) is -3.19. The largest absolute Gasteiger partial charge is 0.330 e. The van der Waals surface area contributed by atoms with Crippen LogP contribution in [0.25, 0.3) is 0 Å². The number of carbonyl (C=O) groups is 1. The van der Waals surface area contributed by atoms with Crippen LogP contribution in [0.15, 0.2) is 24.4 Å². The van der Waals surface area contributed by atoms with Crippen molar-refractivity contribution in [1.82, 2.24) is 19.9 Å². The molecule has 0 aromatic carbocycles. The molecule has 0 unspecified atom stereocenters.